The van der Waals surface area contributed by atoms with Gasteiger partial charge in [-0.05, 0) is 55.8 Å². The van der Waals surface area contributed by atoms with Crippen LogP contribution < -0.4 is 0 Å². The van der Waals surface area contributed by atoms with E-state index in [2.05, 4.69) is 38.2 Å². The second-order valence-electron chi connectivity index (χ2n) is 7.93. The minimum atomic E-state index is -0.0907. The van der Waals surface area contributed by atoms with Crippen LogP contribution in [0.2, 0.25) is 0 Å². The predicted molar refractivity (Wildman–Crippen MR) is 82.2 cm³/mol. The SMILES string of the molecule is CC12C=CC=C1C1CC=C3CC(O)CCC3(C)C1CC2. The summed E-state index contributed by atoms with van der Waals surface area (Å²) in [7, 11) is 0. The second kappa shape index (κ2) is 4.10. The lowest BCUT2D eigenvalue weighted by Gasteiger charge is -2.55. The van der Waals surface area contributed by atoms with Gasteiger partial charge in [-0.3, -0.25) is 0 Å². The summed E-state index contributed by atoms with van der Waals surface area (Å²) in [6.07, 6.45) is 16.4. The molecule has 0 radical (unpaired) electrons. The lowest BCUT2D eigenvalue weighted by molar-refractivity contribution is 0.0360. The van der Waals surface area contributed by atoms with E-state index in [1.165, 1.54) is 25.7 Å². The average Bonchev–Trinajstić information content (AvgIpc) is 2.81. The number of fused-ring (bicyclic) bond motifs is 5. The van der Waals surface area contributed by atoms with Crippen LogP contribution in [-0.4, -0.2) is 11.2 Å². The predicted octanol–water partition coefficient (Wildman–Crippen LogP) is 4.40. The maximum atomic E-state index is 9.99. The Hall–Kier alpha value is -0.820. The van der Waals surface area contributed by atoms with Crippen LogP contribution in [-0.2, 0) is 0 Å². The van der Waals surface area contributed by atoms with Crippen LogP contribution in [0.25, 0.3) is 0 Å². The van der Waals surface area contributed by atoms with Crippen LogP contribution in [0.3, 0.4) is 0 Å². The molecule has 2 fully saturated rings. The van der Waals surface area contributed by atoms with Gasteiger partial charge in [-0.1, -0.05) is 49.3 Å². The minimum Gasteiger partial charge on any atom is -0.393 e. The lowest BCUT2D eigenvalue weighted by atomic mass is 9.50. The Morgan fingerprint density at radius 2 is 2.05 bits per heavy atom. The smallest absolute Gasteiger partial charge is 0.0577 e. The molecule has 5 atom stereocenters. The maximum absolute atomic E-state index is 9.99. The minimum absolute atomic E-state index is 0.0907. The molecule has 5 unspecified atom stereocenters. The second-order valence-corrected chi connectivity index (χ2v) is 7.93. The molecule has 20 heavy (non-hydrogen) atoms. The summed E-state index contributed by atoms with van der Waals surface area (Å²) in [6, 6.07) is 0. The molecule has 2 saturated carbocycles. The average molecular weight is 270 g/mol. The molecule has 4 aliphatic rings. The molecule has 0 amide bonds. The third-order valence-corrected chi connectivity index (χ3v) is 6.88. The largest absolute Gasteiger partial charge is 0.393 e. The van der Waals surface area contributed by atoms with Gasteiger partial charge in [0.05, 0.1) is 6.10 Å². The van der Waals surface area contributed by atoms with Gasteiger partial charge in [0.15, 0.2) is 0 Å². The van der Waals surface area contributed by atoms with Gasteiger partial charge in [0, 0.05) is 5.41 Å². The monoisotopic (exact) mass is 270 g/mol. The number of aliphatic hydroxyl groups is 1. The van der Waals surface area contributed by atoms with Crippen LogP contribution in [0.1, 0.15) is 52.4 Å². The van der Waals surface area contributed by atoms with Crippen LogP contribution >= 0.6 is 0 Å². The van der Waals surface area contributed by atoms with Crippen molar-refractivity contribution in [3.63, 3.8) is 0 Å². The normalized spacial score (nSPS) is 49.9. The zero-order chi connectivity index (χ0) is 14.0. The molecule has 0 aromatic carbocycles. The van der Waals surface area contributed by atoms with Crippen molar-refractivity contribution in [2.24, 2.45) is 22.7 Å². The van der Waals surface area contributed by atoms with Crippen LogP contribution in [0.4, 0.5) is 0 Å². The molecule has 0 aliphatic heterocycles. The molecule has 0 saturated heterocycles. The Balaban J connectivity index is 1.72. The van der Waals surface area contributed by atoms with E-state index >= 15 is 0 Å². The van der Waals surface area contributed by atoms with Gasteiger partial charge in [0.1, 0.15) is 0 Å². The van der Waals surface area contributed by atoms with Crippen molar-refractivity contribution in [2.75, 3.05) is 0 Å². The fraction of sp³-hybridized carbons (Fsp3) is 0.684. The highest BCUT2D eigenvalue weighted by Gasteiger charge is 2.52. The molecule has 4 aliphatic carbocycles. The standard InChI is InChI=1S/C19H26O/c1-18-9-3-4-16(18)15-6-5-13-12-14(20)7-11-19(13,2)17(15)8-10-18/h3-5,9,14-15,17,20H,6-8,10-12H2,1-2H3. The molecule has 108 valence electrons. The first-order valence-corrected chi connectivity index (χ1v) is 8.30. The molecule has 1 N–H and O–H groups in total. The van der Waals surface area contributed by atoms with Crippen LogP contribution in [0.5, 0.6) is 0 Å². The summed E-state index contributed by atoms with van der Waals surface area (Å²) in [4.78, 5) is 0. The first-order chi connectivity index (χ1) is 9.53. The number of hydrogen-bond donors (Lipinski definition) is 1. The van der Waals surface area contributed by atoms with E-state index < -0.39 is 0 Å². The van der Waals surface area contributed by atoms with E-state index in [4.69, 9.17) is 0 Å². The topological polar surface area (TPSA) is 20.2 Å². The quantitative estimate of drug-likeness (QED) is 0.647. The van der Waals surface area contributed by atoms with E-state index in [1.54, 1.807) is 11.1 Å². The van der Waals surface area contributed by atoms with Crippen molar-refractivity contribution >= 4 is 0 Å². The summed E-state index contributed by atoms with van der Waals surface area (Å²) in [5.41, 5.74) is 3.95. The molecule has 0 bridgehead atoms. The van der Waals surface area contributed by atoms with Gasteiger partial charge >= 0.3 is 0 Å². The van der Waals surface area contributed by atoms with Gasteiger partial charge in [0.2, 0.25) is 0 Å². The summed E-state index contributed by atoms with van der Waals surface area (Å²) in [6.45, 7) is 4.90. The summed E-state index contributed by atoms with van der Waals surface area (Å²) < 4.78 is 0. The lowest BCUT2D eigenvalue weighted by Crippen LogP contribution is -2.46. The first-order valence-electron chi connectivity index (χ1n) is 8.30. The molecule has 1 heteroatoms. The van der Waals surface area contributed by atoms with Crippen molar-refractivity contribution in [1.29, 1.82) is 0 Å². The highest BCUT2D eigenvalue weighted by molar-refractivity contribution is 5.40. The Kier molecular flexibility index (Phi) is 2.64. The Morgan fingerprint density at radius 1 is 1.20 bits per heavy atom. The van der Waals surface area contributed by atoms with Crippen LogP contribution in [0, 0.1) is 22.7 Å². The molecule has 0 heterocycles. The first kappa shape index (κ1) is 12.9. The molecular formula is C19H26O. The van der Waals surface area contributed by atoms with Crippen molar-refractivity contribution < 1.29 is 5.11 Å². The van der Waals surface area contributed by atoms with Gasteiger partial charge in [-0.25, -0.2) is 0 Å². The van der Waals surface area contributed by atoms with Crippen molar-refractivity contribution in [2.45, 2.75) is 58.5 Å². The van der Waals surface area contributed by atoms with E-state index in [0.717, 1.165) is 24.7 Å². The van der Waals surface area contributed by atoms with Crippen LogP contribution in [0.15, 0.2) is 35.5 Å². The van der Waals surface area contributed by atoms with Crippen molar-refractivity contribution in [3.8, 4) is 0 Å². The molecular weight excluding hydrogens is 244 g/mol. The van der Waals surface area contributed by atoms with E-state index in [-0.39, 0.29) is 6.10 Å². The molecule has 4 rings (SSSR count). The number of allylic oxidation sites excluding steroid dienone is 5. The third kappa shape index (κ3) is 1.59. The molecule has 0 spiro atoms. The van der Waals surface area contributed by atoms with Gasteiger partial charge < -0.3 is 5.11 Å². The molecule has 1 nitrogen and oxygen atoms in total. The Bertz CT molecular complexity index is 526. The summed E-state index contributed by atoms with van der Waals surface area (Å²) >= 11 is 0. The Morgan fingerprint density at radius 3 is 2.90 bits per heavy atom. The van der Waals surface area contributed by atoms with E-state index in [1.807, 2.05) is 0 Å². The zero-order valence-electron chi connectivity index (χ0n) is 12.7. The number of aliphatic hydroxyl groups excluding tert-OH is 1. The summed E-state index contributed by atoms with van der Waals surface area (Å²) in [5.74, 6) is 1.54. The Labute approximate surface area is 122 Å². The zero-order valence-corrected chi connectivity index (χ0v) is 12.7. The fourth-order valence-corrected chi connectivity index (χ4v) is 5.58. The van der Waals surface area contributed by atoms with E-state index in [0.29, 0.717) is 10.8 Å². The van der Waals surface area contributed by atoms with Crippen molar-refractivity contribution in [3.05, 3.63) is 35.5 Å². The maximum Gasteiger partial charge on any atom is 0.0577 e. The van der Waals surface area contributed by atoms with Crippen molar-refractivity contribution in [1.82, 2.24) is 0 Å². The highest BCUT2D eigenvalue weighted by atomic mass is 16.3. The third-order valence-electron chi connectivity index (χ3n) is 6.88. The van der Waals surface area contributed by atoms with E-state index in [9.17, 15) is 5.11 Å². The highest BCUT2D eigenvalue weighted by Crippen LogP contribution is 2.62. The number of rotatable bonds is 0. The van der Waals surface area contributed by atoms with Gasteiger partial charge in [-0.2, -0.15) is 0 Å². The van der Waals surface area contributed by atoms with Gasteiger partial charge in [0.25, 0.3) is 0 Å². The summed E-state index contributed by atoms with van der Waals surface area (Å²) in [5, 5.41) is 9.99. The van der Waals surface area contributed by atoms with Gasteiger partial charge in [-0.15, -0.1) is 0 Å². The number of hydrogen-bond acceptors (Lipinski definition) is 1. The molecule has 0 aromatic heterocycles. The fourth-order valence-electron chi connectivity index (χ4n) is 5.58. The molecule has 0 aromatic rings.